The predicted molar refractivity (Wildman–Crippen MR) is 77.1 cm³/mol. The number of nitrogens with one attached hydrogen (secondary N) is 1. The second-order valence-corrected chi connectivity index (χ2v) is 5.34. The van der Waals surface area contributed by atoms with Gasteiger partial charge in [-0.05, 0) is 36.6 Å². The molecule has 0 aromatic heterocycles. The fraction of sp³-hybridized carbons (Fsp3) is 0.400. The number of imide groups is 2. The van der Waals surface area contributed by atoms with E-state index in [-0.39, 0.29) is 5.92 Å². The summed E-state index contributed by atoms with van der Waals surface area (Å²) in [4.78, 5) is 37.3. The number of carbonyl (C=O) groups excluding carboxylic acids is 3. The molecule has 1 heterocycles. The second kappa shape index (κ2) is 5.55. The van der Waals surface area contributed by atoms with Gasteiger partial charge in [0, 0.05) is 0 Å². The van der Waals surface area contributed by atoms with Crippen LogP contribution in [0.4, 0.5) is 10.5 Å². The average Bonchev–Trinajstić information content (AvgIpc) is 2.37. The fourth-order valence-corrected chi connectivity index (χ4v) is 2.42. The Bertz CT molecular complexity index is 610. The maximum absolute atomic E-state index is 12.5. The molecule has 0 spiro atoms. The molecule has 1 unspecified atom stereocenters. The Kier molecular flexibility index (Phi) is 3.97. The molecule has 2 rings (SSSR count). The zero-order chi connectivity index (χ0) is 15.7. The van der Waals surface area contributed by atoms with Crippen molar-refractivity contribution in [3.8, 4) is 5.75 Å². The molecule has 0 radical (unpaired) electrons. The second-order valence-electron chi connectivity index (χ2n) is 5.34. The number of hydrogen-bond donors (Lipinski definition) is 1. The van der Waals surface area contributed by atoms with E-state index >= 15 is 0 Å². The molecule has 1 aliphatic rings. The Labute approximate surface area is 123 Å². The molecule has 0 bridgehead atoms. The largest absolute Gasteiger partial charge is 0.496 e. The van der Waals surface area contributed by atoms with Gasteiger partial charge in [-0.15, -0.1) is 0 Å². The highest BCUT2D eigenvalue weighted by atomic mass is 16.5. The number of methoxy groups -OCH3 is 1. The number of benzene rings is 1. The lowest BCUT2D eigenvalue weighted by molar-refractivity contribution is -0.136. The Morgan fingerprint density at radius 1 is 1.24 bits per heavy atom. The Morgan fingerprint density at radius 3 is 2.43 bits per heavy atom. The first-order chi connectivity index (χ1) is 9.86. The number of aryl methyl sites for hydroxylation is 1. The lowest BCUT2D eigenvalue weighted by Crippen LogP contribution is -2.59. The summed E-state index contributed by atoms with van der Waals surface area (Å²) < 4.78 is 5.16. The molecule has 21 heavy (non-hydrogen) atoms. The first kappa shape index (κ1) is 15.0. The molecular formula is C15H18N2O4. The van der Waals surface area contributed by atoms with Crippen molar-refractivity contribution in [3.63, 3.8) is 0 Å². The molecule has 4 amide bonds. The molecule has 1 atom stereocenters. The first-order valence-electron chi connectivity index (χ1n) is 6.70. The predicted octanol–water partition coefficient (Wildman–Crippen LogP) is 1.86. The summed E-state index contributed by atoms with van der Waals surface area (Å²) >= 11 is 0. The number of amides is 4. The van der Waals surface area contributed by atoms with Crippen LogP contribution < -0.4 is 15.0 Å². The monoisotopic (exact) mass is 290 g/mol. The van der Waals surface area contributed by atoms with Crippen molar-refractivity contribution in [2.45, 2.75) is 20.8 Å². The molecule has 1 N–H and O–H groups in total. The maximum atomic E-state index is 12.5. The normalized spacial score (nSPS) is 19.0. The van der Waals surface area contributed by atoms with Gasteiger partial charge in [-0.3, -0.25) is 14.9 Å². The van der Waals surface area contributed by atoms with Crippen LogP contribution in [-0.4, -0.2) is 25.0 Å². The van der Waals surface area contributed by atoms with Crippen molar-refractivity contribution in [3.05, 3.63) is 23.8 Å². The summed E-state index contributed by atoms with van der Waals surface area (Å²) in [6, 6.07) is 4.28. The number of urea groups is 1. The van der Waals surface area contributed by atoms with Crippen molar-refractivity contribution in [1.29, 1.82) is 0 Å². The van der Waals surface area contributed by atoms with Crippen molar-refractivity contribution in [2.24, 2.45) is 11.8 Å². The lowest BCUT2D eigenvalue weighted by atomic mass is 9.91. The van der Waals surface area contributed by atoms with Gasteiger partial charge >= 0.3 is 6.03 Å². The van der Waals surface area contributed by atoms with Crippen molar-refractivity contribution >= 4 is 23.5 Å². The van der Waals surface area contributed by atoms with E-state index in [0.29, 0.717) is 11.4 Å². The molecule has 0 aliphatic carbocycles. The number of anilines is 1. The van der Waals surface area contributed by atoms with E-state index in [1.807, 2.05) is 6.92 Å². The molecule has 1 saturated heterocycles. The van der Waals surface area contributed by atoms with Crippen molar-refractivity contribution < 1.29 is 19.1 Å². The molecule has 1 aliphatic heterocycles. The number of rotatable bonds is 3. The molecule has 1 fully saturated rings. The Balaban J connectivity index is 2.42. The standard InChI is InChI=1S/C15H18N2O4/c1-8(2)12-13(18)16-15(20)17(14(12)19)10-5-6-11(21-4)9(3)7-10/h5-8,12H,1-4H3,(H,16,18,20). The van der Waals surface area contributed by atoms with Crippen LogP contribution in [0.25, 0.3) is 0 Å². The highest BCUT2D eigenvalue weighted by molar-refractivity contribution is 6.27. The number of ether oxygens (including phenoxy) is 1. The third kappa shape index (κ3) is 2.61. The third-order valence-corrected chi connectivity index (χ3v) is 3.51. The van der Waals surface area contributed by atoms with Crippen LogP contribution in [-0.2, 0) is 9.59 Å². The Hall–Kier alpha value is -2.37. The van der Waals surface area contributed by atoms with Gasteiger partial charge in [0.15, 0.2) is 0 Å². The summed E-state index contributed by atoms with van der Waals surface area (Å²) in [5, 5.41) is 2.23. The number of carbonyl (C=O) groups is 3. The van der Waals surface area contributed by atoms with E-state index in [0.717, 1.165) is 10.5 Å². The number of barbiturate groups is 1. The van der Waals surface area contributed by atoms with Crippen LogP contribution in [0.1, 0.15) is 19.4 Å². The molecule has 1 aromatic carbocycles. The maximum Gasteiger partial charge on any atom is 0.335 e. The van der Waals surface area contributed by atoms with Gasteiger partial charge in [-0.2, -0.15) is 0 Å². The third-order valence-electron chi connectivity index (χ3n) is 3.51. The zero-order valence-corrected chi connectivity index (χ0v) is 12.5. The zero-order valence-electron chi connectivity index (χ0n) is 12.5. The highest BCUT2D eigenvalue weighted by Crippen LogP contribution is 2.28. The van der Waals surface area contributed by atoms with Gasteiger partial charge in [0.05, 0.1) is 12.8 Å². The molecule has 6 heteroatoms. The first-order valence-corrected chi connectivity index (χ1v) is 6.70. The van der Waals surface area contributed by atoms with Gasteiger partial charge in [0.2, 0.25) is 11.8 Å². The SMILES string of the molecule is COc1ccc(N2C(=O)NC(=O)C(C(C)C)C2=O)cc1C. The van der Waals surface area contributed by atoms with Crippen LogP contribution in [0, 0.1) is 18.8 Å². The molecule has 6 nitrogen and oxygen atoms in total. The minimum Gasteiger partial charge on any atom is -0.496 e. The van der Waals surface area contributed by atoms with E-state index < -0.39 is 23.8 Å². The molecule has 0 saturated carbocycles. The minimum atomic E-state index is -0.856. The van der Waals surface area contributed by atoms with Crippen LogP contribution in [0.15, 0.2) is 18.2 Å². The topological polar surface area (TPSA) is 75.7 Å². The smallest absolute Gasteiger partial charge is 0.335 e. The van der Waals surface area contributed by atoms with Crippen molar-refractivity contribution in [2.75, 3.05) is 12.0 Å². The van der Waals surface area contributed by atoms with Gasteiger partial charge < -0.3 is 4.74 Å². The van der Waals surface area contributed by atoms with Crippen LogP contribution in [0.5, 0.6) is 5.75 Å². The quantitative estimate of drug-likeness (QED) is 0.862. The Morgan fingerprint density at radius 2 is 1.90 bits per heavy atom. The number of hydrogen-bond acceptors (Lipinski definition) is 4. The van der Waals surface area contributed by atoms with Crippen molar-refractivity contribution in [1.82, 2.24) is 5.32 Å². The van der Waals surface area contributed by atoms with Crippen LogP contribution in [0.2, 0.25) is 0 Å². The minimum absolute atomic E-state index is 0.188. The van der Waals surface area contributed by atoms with E-state index in [1.165, 1.54) is 0 Å². The van der Waals surface area contributed by atoms with E-state index in [2.05, 4.69) is 5.32 Å². The summed E-state index contributed by atoms with van der Waals surface area (Å²) in [5.41, 5.74) is 1.22. The van der Waals surface area contributed by atoms with Gasteiger partial charge in [0.1, 0.15) is 11.7 Å². The summed E-state index contributed by atoms with van der Waals surface area (Å²) in [6.07, 6.45) is 0. The molecule has 112 valence electrons. The van der Waals surface area contributed by atoms with Gasteiger partial charge in [-0.1, -0.05) is 13.8 Å². The van der Waals surface area contributed by atoms with E-state index in [1.54, 1.807) is 39.2 Å². The lowest BCUT2D eigenvalue weighted by Gasteiger charge is -2.32. The van der Waals surface area contributed by atoms with E-state index in [9.17, 15) is 14.4 Å². The van der Waals surface area contributed by atoms with Crippen LogP contribution in [0.3, 0.4) is 0 Å². The number of nitrogens with zero attached hydrogens (tertiary/aromatic N) is 1. The van der Waals surface area contributed by atoms with E-state index in [4.69, 9.17) is 4.74 Å². The van der Waals surface area contributed by atoms with Gasteiger partial charge in [-0.25, -0.2) is 9.69 Å². The summed E-state index contributed by atoms with van der Waals surface area (Å²) in [5.74, 6) is -1.41. The fourth-order valence-electron chi connectivity index (χ4n) is 2.42. The summed E-state index contributed by atoms with van der Waals surface area (Å²) in [7, 11) is 1.55. The van der Waals surface area contributed by atoms with Crippen LogP contribution >= 0.6 is 0 Å². The molecule has 1 aromatic rings. The summed E-state index contributed by atoms with van der Waals surface area (Å²) in [6.45, 7) is 5.37. The van der Waals surface area contributed by atoms with Gasteiger partial charge in [0.25, 0.3) is 0 Å². The average molecular weight is 290 g/mol. The molecular weight excluding hydrogens is 272 g/mol. The highest BCUT2D eigenvalue weighted by Gasteiger charge is 2.42.